The van der Waals surface area contributed by atoms with Gasteiger partial charge in [0, 0.05) is 10.5 Å². The highest BCUT2D eigenvalue weighted by molar-refractivity contribution is 9.10. The lowest BCUT2D eigenvalue weighted by Crippen LogP contribution is -2.39. The highest BCUT2D eigenvalue weighted by atomic mass is 79.9. The van der Waals surface area contributed by atoms with Crippen molar-refractivity contribution in [3.63, 3.8) is 0 Å². The number of benzene rings is 1. The van der Waals surface area contributed by atoms with Crippen LogP contribution in [0.15, 0.2) is 27.6 Å². The highest BCUT2D eigenvalue weighted by Crippen LogP contribution is 2.27. The number of nitriles is 1. The first-order valence-electron chi connectivity index (χ1n) is 6.39. The third-order valence-corrected chi connectivity index (χ3v) is 5.51. The van der Waals surface area contributed by atoms with E-state index in [0.29, 0.717) is 16.6 Å². The summed E-state index contributed by atoms with van der Waals surface area (Å²) in [5.74, 6) is 0.187. The van der Waals surface area contributed by atoms with E-state index in [2.05, 4.69) is 20.7 Å². The predicted octanol–water partition coefficient (Wildman–Crippen LogP) is 1.73. The molecular formula is C13H16BrN3O2S. The molecule has 1 fully saturated rings. The molecule has 2 atom stereocenters. The summed E-state index contributed by atoms with van der Waals surface area (Å²) in [5, 5.41) is 8.91. The van der Waals surface area contributed by atoms with Gasteiger partial charge in [0.25, 0.3) is 0 Å². The van der Waals surface area contributed by atoms with E-state index in [-0.39, 0.29) is 16.9 Å². The first-order valence-corrected chi connectivity index (χ1v) is 8.67. The normalized spacial score (nSPS) is 22.6. The van der Waals surface area contributed by atoms with Crippen LogP contribution in [0.25, 0.3) is 0 Å². The molecule has 7 heteroatoms. The molecule has 108 valence electrons. The van der Waals surface area contributed by atoms with Crippen LogP contribution in [-0.2, 0) is 10.0 Å². The van der Waals surface area contributed by atoms with Crippen LogP contribution in [-0.4, -0.2) is 21.0 Å². The number of nitrogens with one attached hydrogen (secondary N) is 1. The topological polar surface area (TPSA) is 96.0 Å². The largest absolute Gasteiger partial charge is 0.330 e. The van der Waals surface area contributed by atoms with Gasteiger partial charge in [-0.15, -0.1) is 0 Å². The summed E-state index contributed by atoms with van der Waals surface area (Å²) >= 11 is 3.22. The number of nitrogens with zero attached hydrogens (tertiary/aromatic N) is 1. The minimum atomic E-state index is -3.63. The molecule has 0 heterocycles. The Balaban J connectivity index is 2.27. The van der Waals surface area contributed by atoms with Crippen LogP contribution < -0.4 is 10.5 Å². The molecule has 1 aliphatic carbocycles. The number of sulfonamides is 1. The van der Waals surface area contributed by atoms with Gasteiger partial charge in [-0.05, 0) is 43.5 Å². The summed E-state index contributed by atoms with van der Waals surface area (Å²) < 4.78 is 28.1. The molecule has 3 N–H and O–H groups in total. The number of nitrogens with two attached hydrogens (primary N) is 1. The molecule has 1 aliphatic rings. The fourth-order valence-electron chi connectivity index (χ4n) is 2.52. The number of halogens is 1. The second-order valence-corrected chi connectivity index (χ2v) is 7.57. The highest BCUT2D eigenvalue weighted by Gasteiger charge is 2.30. The summed E-state index contributed by atoms with van der Waals surface area (Å²) in [4.78, 5) is 0.103. The zero-order chi connectivity index (χ0) is 14.8. The molecule has 2 unspecified atom stereocenters. The minimum Gasteiger partial charge on any atom is -0.330 e. The summed E-state index contributed by atoms with van der Waals surface area (Å²) in [7, 11) is -3.63. The lowest BCUT2D eigenvalue weighted by atomic mass is 10.1. The Labute approximate surface area is 127 Å². The van der Waals surface area contributed by atoms with Gasteiger partial charge < -0.3 is 5.73 Å². The van der Waals surface area contributed by atoms with Gasteiger partial charge >= 0.3 is 0 Å². The van der Waals surface area contributed by atoms with E-state index < -0.39 is 10.0 Å². The second-order valence-electron chi connectivity index (χ2n) is 4.94. The standard InChI is InChI=1S/C13H16BrN3O2S/c14-11-4-9(7-15)5-12(6-11)20(18,19)17-13-3-1-2-10(13)8-16/h4-6,10,13,17H,1-3,8,16H2. The molecule has 1 saturated carbocycles. The van der Waals surface area contributed by atoms with Crippen LogP contribution in [0.3, 0.4) is 0 Å². The Morgan fingerprint density at radius 2 is 2.15 bits per heavy atom. The van der Waals surface area contributed by atoms with Crippen LogP contribution in [0.2, 0.25) is 0 Å². The monoisotopic (exact) mass is 357 g/mol. The number of hydrogen-bond acceptors (Lipinski definition) is 4. The van der Waals surface area contributed by atoms with Crippen LogP contribution in [0.5, 0.6) is 0 Å². The van der Waals surface area contributed by atoms with Gasteiger partial charge in [-0.1, -0.05) is 22.4 Å². The molecule has 0 radical (unpaired) electrons. The molecule has 0 spiro atoms. The fraction of sp³-hybridized carbons (Fsp3) is 0.462. The van der Waals surface area contributed by atoms with E-state index in [1.807, 2.05) is 6.07 Å². The van der Waals surface area contributed by atoms with Crippen molar-refractivity contribution in [3.05, 3.63) is 28.2 Å². The lowest BCUT2D eigenvalue weighted by molar-refractivity contribution is 0.453. The Bertz CT molecular complexity index is 640. The van der Waals surface area contributed by atoms with Gasteiger partial charge in [0.1, 0.15) is 0 Å². The Morgan fingerprint density at radius 3 is 2.80 bits per heavy atom. The first-order chi connectivity index (χ1) is 9.46. The molecule has 20 heavy (non-hydrogen) atoms. The summed E-state index contributed by atoms with van der Waals surface area (Å²) in [5.41, 5.74) is 5.97. The zero-order valence-electron chi connectivity index (χ0n) is 10.8. The third-order valence-electron chi connectivity index (χ3n) is 3.58. The summed E-state index contributed by atoms with van der Waals surface area (Å²) in [6.45, 7) is 0.481. The van der Waals surface area contributed by atoms with E-state index in [9.17, 15) is 8.42 Å². The van der Waals surface area contributed by atoms with Crippen molar-refractivity contribution in [2.75, 3.05) is 6.54 Å². The van der Waals surface area contributed by atoms with Gasteiger partial charge in [0.05, 0.1) is 16.5 Å². The van der Waals surface area contributed by atoms with Gasteiger partial charge in [-0.2, -0.15) is 5.26 Å². The molecule has 0 amide bonds. The fourth-order valence-corrected chi connectivity index (χ4v) is 4.58. The molecule has 0 bridgehead atoms. The molecule has 1 aromatic rings. The molecule has 0 aliphatic heterocycles. The van der Waals surface area contributed by atoms with Crippen LogP contribution in [0.1, 0.15) is 24.8 Å². The lowest BCUT2D eigenvalue weighted by Gasteiger charge is -2.19. The van der Waals surface area contributed by atoms with Crippen molar-refractivity contribution in [2.45, 2.75) is 30.2 Å². The summed E-state index contributed by atoms with van der Waals surface area (Å²) in [6.07, 6.45) is 2.74. The molecule has 0 saturated heterocycles. The van der Waals surface area contributed by atoms with Gasteiger partial charge in [-0.25, -0.2) is 13.1 Å². The second kappa shape index (κ2) is 6.22. The van der Waals surface area contributed by atoms with Crippen molar-refractivity contribution in [1.82, 2.24) is 4.72 Å². The van der Waals surface area contributed by atoms with Crippen LogP contribution >= 0.6 is 15.9 Å². The Morgan fingerprint density at radius 1 is 1.40 bits per heavy atom. The van der Waals surface area contributed by atoms with Gasteiger partial charge in [0.2, 0.25) is 10.0 Å². The van der Waals surface area contributed by atoms with Crippen molar-refractivity contribution in [2.24, 2.45) is 11.7 Å². The molecular weight excluding hydrogens is 342 g/mol. The molecule has 2 rings (SSSR count). The maximum absolute atomic E-state index is 12.4. The average molecular weight is 358 g/mol. The minimum absolute atomic E-state index is 0.103. The van der Waals surface area contributed by atoms with Crippen molar-refractivity contribution in [3.8, 4) is 6.07 Å². The predicted molar refractivity (Wildman–Crippen MR) is 79.4 cm³/mol. The van der Waals surface area contributed by atoms with E-state index in [1.54, 1.807) is 6.07 Å². The van der Waals surface area contributed by atoms with Crippen molar-refractivity contribution in [1.29, 1.82) is 5.26 Å². The van der Waals surface area contributed by atoms with E-state index in [1.165, 1.54) is 12.1 Å². The number of rotatable bonds is 4. The SMILES string of the molecule is N#Cc1cc(Br)cc(S(=O)(=O)NC2CCCC2CN)c1. The van der Waals surface area contributed by atoms with E-state index in [4.69, 9.17) is 11.0 Å². The average Bonchev–Trinajstić information content (AvgIpc) is 2.84. The van der Waals surface area contributed by atoms with E-state index in [0.717, 1.165) is 19.3 Å². The maximum Gasteiger partial charge on any atom is 0.240 e. The maximum atomic E-state index is 12.4. The van der Waals surface area contributed by atoms with Gasteiger partial charge in [-0.3, -0.25) is 0 Å². The van der Waals surface area contributed by atoms with Crippen LogP contribution in [0, 0.1) is 17.2 Å². The van der Waals surface area contributed by atoms with Gasteiger partial charge in [0.15, 0.2) is 0 Å². The molecule has 1 aromatic carbocycles. The Kier molecular flexibility index (Phi) is 4.81. The smallest absolute Gasteiger partial charge is 0.240 e. The molecule has 0 aromatic heterocycles. The zero-order valence-corrected chi connectivity index (χ0v) is 13.2. The molecule has 5 nitrogen and oxygen atoms in total. The van der Waals surface area contributed by atoms with E-state index >= 15 is 0 Å². The first kappa shape index (κ1) is 15.4. The number of hydrogen-bond donors (Lipinski definition) is 2. The van der Waals surface area contributed by atoms with Crippen LogP contribution in [0.4, 0.5) is 0 Å². The van der Waals surface area contributed by atoms with Crippen molar-refractivity contribution < 1.29 is 8.42 Å². The Hall–Kier alpha value is -0.940. The van der Waals surface area contributed by atoms with Crippen molar-refractivity contribution >= 4 is 26.0 Å². The quantitative estimate of drug-likeness (QED) is 0.857. The third kappa shape index (κ3) is 3.38. The summed E-state index contributed by atoms with van der Waals surface area (Å²) in [6, 6.07) is 6.29.